The van der Waals surface area contributed by atoms with E-state index >= 15 is 0 Å². The Morgan fingerprint density at radius 3 is 2.94 bits per heavy atom. The molecule has 0 aliphatic heterocycles. The van der Waals surface area contributed by atoms with Crippen LogP contribution >= 0.6 is 33.9 Å². The molecule has 2 aromatic heterocycles. The molecule has 0 aromatic carbocycles. The SMILES string of the molecule is CCNC(Cc1ncnn1C)c1csc(I)c1. The van der Waals surface area contributed by atoms with Gasteiger partial charge in [0.2, 0.25) is 0 Å². The highest BCUT2D eigenvalue weighted by Crippen LogP contribution is 2.24. The smallest absolute Gasteiger partial charge is 0.138 e. The van der Waals surface area contributed by atoms with Gasteiger partial charge < -0.3 is 5.32 Å². The van der Waals surface area contributed by atoms with Gasteiger partial charge in [0.15, 0.2) is 0 Å². The highest BCUT2D eigenvalue weighted by molar-refractivity contribution is 14.1. The molecule has 0 fully saturated rings. The van der Waals surface area contributed by atoms with Gasteiger partial charge in [-0.1, -0.05) is 6.92 Å². The van der Waals surface area contributed by atoms with Crippen LogP contribution in [0.2, 0.25) is 0 Å². The van der Waals surface area contributed by atoms with Gasteiger partial charge in [-0.2, -0.15) is 5.10 Å². The Hall–Kier alpha value is -0.470. The van der Waals surface area contributed by atoms with Crippen molar-refractivity contribution < 1.29 is 0 Å². The summed E-state index contributed by atoms with van der Waals surface area (Å²) in [5, 5.41) is 9.82. The molecule has 92 valence electrons. The topological polar surface area (TPSA) is 42.7 Å². The third kappa shape index (κ3) is 3.26. The van der Waals surface area contributed by atoms with Crippen LogP contribution in [0.5, 0.6) is 0 Å². The Labute approximate surface area is 119 Å². The van der Waals surface area contributed by atoms with Crippen LogP contribution in [0, 0.1) is 2.88 Å². The lowest BCUT2D eigenvalue weighted by molar-refractivity contribution is 0.523. The highest BCUT2D eigenvalue weighted by Gasteiger charge is 2.15. The van der Waals surface area contributed by atoms with E-state index in [4.69, 9.17) is 0 Å². The van der Waals surface area contributed by atoms with Gasteiger partial charge in [0.1, 0.15) is 12.2 Å². The molecule has 1 unspecified atom stereocenters. The lowest BCUT2D eigenvalue weighted by Gasteiger charge is -2.16. The van der Waals surface area contributed by atoms with Crippen molar-refractivity contribution in [3.05, 3.63) is 32.0 Å². The number of aryl methyl sites for hydroxylation is 1. The number of likely N-dealkylation sites (N-methyl/N-ethyl adjacent to an activating group) is 1. The number of hydrogen-bond acceptors (Lipinski definition) is 4. The van der Waals surface area contributed by atoms with E-state index in [2.05, 4.69) is 56.4 Å². The number of rotatable bonds is 5. The average Bonchev–Trinajstić information content (AvgIpc) is 2.88. The van der Waals surface area contributed by atoms with E-state index in [1.54, 1.807) is 17.7 Å². The second-order valence-electron chi connectivity index (χ2n) is 3.80. The molecule has 0 aliphatic rings. The van der Waals surface area contributed by atoms with E-state index in [0.29, 0.717) is 6.04 Å². The van der Waals surface area contributed by atoms with E-state index in [9.17, 15) is 0 Å². The Balaban J connectivity index is 2.15. The van der Waals surface area contributed by atoms with Crippen LogP contribution in [0.3, 0.4) is 0 Å². The summed E-state index contributed by atoms with van der Waals surface area (Å²) >= 11 is 4.14. The van der Waals surface area contributed by atoms with E-state index in [-0.39, 0.29) is 0 Å². The Morgan fingerprint density at radius 1 is 1.59 bits per heavy atom. The Kier molecular flexibility index (Phi) is 4.52. The lowest BCUT2D eigenvalue weighted by Crippen LogP contribution is -2.23. The Bertz CT molecular complexity index is 479. The molecule has 4 nitrogen and oxygen atoms in total. The van der Waals surface area contributed by atoms with Crippen molar-refractivity contribution in [1.82, 2.24) is 20.1 Å². The molecule has 1 N–H and O–H groups in total. The third-order valence-corrected chi connectivity index (χ3v) is 4.44. The predicted octanol–water partition coefficient (Wildman–Crippen LogP) is 2.37. The number of nitrogens with zero attached hydrogens (tertiary/aromatic N) is 3. The second kappa shape index (κ2) is 5.92. The monoisotopic (exact) mass is 362 g/mol. The fraction of sp³-hybridized carbons (Fsp3) is 0.455. The highest BCUT2D eigenvalue weighted by atomic mass is 127. The maximum atomic E-state index is 4.28. The standard InChI is InChI=1S/C11H15IN4S/c1-3-13-9(8-4-10(12)17-6-8)5-11-14-7-15-16(11)2/h4,6-7,9,13H,3,5H2,1-2H3. The predicted molar refractivity (Wildman–Crippen MR) is 78.2 cm³/mol. The number of aromatic nitrogens is 3. The molecular weight excluding hydrogens is 347 g/mol. The van der Waals surface area contributed by atoms with Gasteiger partial charge in [0.25, 0.3) is 0 Å². The van der Waals surface area contributed by atoms with E-state index < -0.39 is 0 Å². The van der Waals surface area contributed by atoms with Crippen molar-refractivity contribution in [3.8, 4) is 0 Å². The molecule has 0 aliphatic carbocycles. The van der Waals surface area contributed by atoms with Crippen LogP contribution in [0.4, 0.5) is 0 Å². The summed E-state index contributed by atoms with van der Waals surface area (Å²) in [6.07, 6.45) is 2.48. The first-order chi connectivity index (χ1) is 8.20. The first-order valence-corrected chi connectivity index (χ1v) is 7.46. The molecule has 6 heteroatoms. The summed E-state index contributed by atoms with van der Waals surface area (Å²) in [4.78, 5) is 4.28. The third-order valence-electron chi connectivity index (χ3n) is 2.63. The quantitative estimate of drug-likeness (QED) is 0.831. The fourth-order valence-corrected chi connectivity index (χ4v) is 3.17. The van der Waals surface area contributed by atoms with Crippen molar-refractivity contribution in [3.63, 3.8) is 0 Å². The summed E-state index contributed by atoms with van der Waals surface area (Å²) in [7, 11) is 1.93. The molecule has 0 saturated heterocycles. The van der Waals surface area contributed by atoms with Crippen molar-refractivity contribution in [1.29, 1.82) is 0 Å². The van der Waals surface area contributed by atoms with E-state index in [0.717, 1.165) is 18.8 Å². The van der Waals surface area contributed by atoms with Crippen molar-refractivity contribution >= 4 is 33.9 Å². The molecule has 0 radical (unpaired) electrons. The molecule has 0 spiro atoms. The molecule has 17 heavy (non-hydrogen) atoms. The molecule has 1 atom stereocenters. The Morgan fingerprint density at radius 2 is 2.41 bits per heavy atom. The summed E-state index contributed by atoms with van der Waals surface area (Å²) in [6, 6.07) is 2.55. The first-order valence-electron chi connectivity index (χ1n) is 5.51. The van der Waals surface area contributed by atoms with Gasteiger partial charge in [-0.25, -0.2) is 4.98 Å². The minimum Gasteiger partial charge on any atom is -0.310 e. The molecular formula is C11H15IN4S. The van der Waals surface area contributed by atoms with Gasteiger partial charge in [-0.15, -0.1) is 11.3 Å². The molecule has 2 rings (SSSR count). The summed E-state index contributed by atoms with van der Waals surface area (Å²) < 4.78 is 3.15. The molecule has 0 bridgehead atoms. The van der Waals surface area contributed by atoms with Gasteiger partial charge in [0, 0.05) is 19.5 Å². The lowest BCUT2D eigenvalue weighted by atomic mass is 10.1. The van der Waals surface area contributed by atoms with Gasteiger partial charge >= 0.3 is 0 Å². The fourth-order valence-electron chi connectivity index (χ4n) is 1.75. The number of thiophene rings is 1. The first kappa shape index (κ1) is 13.0. The largest absolute Gasteiger partial charge is 0.310 e. The van der Waals surface area contributed by atoms with Crippen LogP contribution in [-0.2, 0) is 13.5 Å². The normalized spacial score (nSPS) is 12.9. The zero-order valence-corrected chi connectivity index (χ0v) is 12.8. The van der Waals surface area contributed by atoms with Crippen molar-refractivity contribution in [2.75, 3.05) is 6.54 Å². The minimum absolute atomic E-state index is 0.322. The minimum atomic E-state index is 0.322. The number of hydrogen-bond donors (Lipinski definition) is 1. The number of nitrogens with one attached hydrogen (secondary N) is 1. The maximum Gasteiger partial charge on any atom is 0.138 e. The van der Waals surface area contributed by atoms with Crippen LogP contribution in [0.25, 0.3) is 0 Å². The maximum absolute atomic E-state index is 4.28. The average molecular weight is 362 g/mol. The van der Waals surface area contributed by atoms with Crippen molar-refractivity contribution in [2.45, 2.75) is 19.4 Å². The summed E-state index contributed by atoms with van der Waals surface area (Å²) in [6.45, 7) is 3.08. The molecule has 0 amide bonds. The molecule has 0 saturated carbocycles. The summed E-state index contributed by atoms with van der Waals surface area (Å²) in [5.74, 6) is 1.01. The van der Waals surface area contributed by atoms with Gasteiger partial charge in [-0.05, 0) is 46.1 Å². The van der Waals surface area contributed by atoms with Gasteiger partial charge in [-0.3, -0.25) is 4.68 Å². The van der Waals surface area contributed by atoms with Crippen LogP contribution in [0.15, 0.2) is 17.8 Å². The molecule has 2 heterocycles. The van der Waals surface area contributed by atoms with Gasteiger partial charge in [0.05, 0.1) is 2.88 Å². The zero-order valence-electron chi connectivity index (χ0n) is 9.85. The number of halogens is 1. The van der Waals surface area contributed by atoms with E-state index in [1.165, 1.54) is 8.45 Å². The van der Waals surface area contributed by atoms with Crippen LogP contribution < -0.4 is 5.32 Å². The summed E-state index contributed by atoms with van der Waals surface area (Å²) in [5.41, 5.74) is 1.34. The molecule has 2 aromatic rings. The van der Waals surface area contributed by atoms with Crippen LogP contribution in [0.1, 0.15) is 24.4 Å². The van der Waals surface area contributed by atoms with Crippen LogP contribution in [-0.4, -0.2) is 21.3 Å². The van der Waals surface area contributed by atoms with Crippen molar-refractivity contribution in [2.24, 2.45) is 7.05 Å². The zero-order chi connectivity index (χ0) is 12.3. The van der Waals surface area contributed by atoms with E-state index in [1.807, 2.05) is 11.7 Å². The second-order valence-corrected chi connectivity index (χ2v) is 6.60.